The second-order valence-corrected chi connectivity index (χ2v) is 4.82. The summed E-state index contributed by atoms with van der Waals surface area (Å²) in [5, 5.41) is 18.8. The molecule has 0 amide bonds. The third-order valence-electron chi connectivity index (χ3n) is 2.69. The number of hydrogen-bond acceptors (Lipinski definition) is 2. The number of rotatable bonds is 14. The van der Waals surface area contributed by atoms with Gasteiger partial charge in [-0.3, -0.25) is 4.79 Å². The Balaban J connectivity index is 5.24. The highest BCUT2D eigenvalue weighted by Crippen LogP contribution is 2.02. The predicted octanol–water partition coefficient (Wildman–Crippen LogP) is 5.19. The summed E-state index contributed by atoms with van der Waals surface area (Å²) in [6.45, 7) is 2.00. The van der Waals surface area contributed by atoms with Crippen LogP contribution in [0.1, 0.15) is 75.7 Å². The van der Waals surface area contributed by atoms with Gasteiger partial charge in [0.2, 0.25) is 0 Å². The zero-order valence-corrected chi connectivity index (χ0v) is 13.7. The lowest BCUT2D eigenvalue weighted by atomic mass is 10.1. The van der Waals surface area contributed by atoms with Gasteiger partial charge in [0.25, 0.3) is 0 Å². The average Bonchev–Trinajstić information content (AvgIpc) is 2.66. The van der Waals surface area contributed by atoms with Gasteiger partial charge in [-0.2, -0.15) is 0 Å². The van der Waals surface area contributed by atoms with Crippen LogP contribution in [0.5, 0.6) is 0 Å². The molecule has 1 unspecified atom stereocenters. The molecule has 0 spiro atoms. The Morgan fingerprint density at radius 2 is 1.87 bits per heavy atom. The van der Waals surface area contributed by atoms with Crippen LogP contribution in [0.4, 0.5) is 0 Å². The first-order valence-corrected chi connectivity index (χ1v) is 7.91. The van der Waals surface area contributed by atoms with E-state index < -0.39 is 36.6 Å². The van der Waals surface area contributed by atoms with Gasteiger partial charge >= 0.3 is 5.97 Å². The number of hydrogen-bond donors (Lipinski definition) is 2. The van der Waals surface area contributed by atoms with Gasteiger partial charge in [0.1, 0.15) is 0 Å². The largest absolute Gasteiger partial charge is 0.481 e. The maximum absolute atomic E-state index is 10.5. The summed E-state index contributed by atoms with van der Waals surface area (Å²) < 4.78 is 62.7. The van der Waals surface area contributed by atoms with E-state index in [0.29, 0.717) is 6.42 Å². The number of unbranched alkanes of at least 4 members (excludes halogenated alkanes) is 2. The second kappa shape index (κ2) is 16.8. The molecule has 3 nitrogen and oxygen atoms in total. The molecule has 0 aromatic rings. The molecule has 0 aromatic heterocycles. The zero-order chi connectivity index (χ0) is 24.2. The predicted molar refractivity (Wildman–Crippen MR) is 97.4 cm³/mol. The molecular weight excluding hydrogens is 288 g/mol. The fraction of sp³-hybridized carbons (Fsp3) is 0.550. The SMILES string of the molecule is [3H]/C(=C/C([3H])=C(/[3H])C/C([3H])=C(/[3H])CCCC(=O)O)C([3H])(O)C/C([3H])=C(/[3H])CCCCC. The number of allylic oxidation sites excluding steroid dienone is 6. The normalized spacial score (nSPS) is 23.1. The van der Waals surface area contributed by atoms with Crippen LogP contribution < -0.4 is 0 Å². The van der Waals surface area contributed by atoms with Crippen molar-refractivity contribution in [1.82, 2.24) is 0 Å². The van der Waals surface area contributed by atoms with Crippen LogP contribution >= 0.6 is 0 Å². The Labute approximate surface area is 152 Å². The van der Waals surface area contributed by atoms with Gasteiger partial charge in [0.15, 0.2) is 0 Å². The monoisotopic (exact) mass is 336 g/mol. The molecule has 0 radical (unpaired) electrons. The summed E-state index contributed by atoms with van der Waals surface area (Å²) in [5.74, 6) is -1.01. The van der Waals surface area contributed by atoms with Gasteiger partial charge in [-0.1, -0.05) is 68.2 Å². The molecule has 0 aromatic carbocycles. The quantitative estimate of drug-likeness (QED) is 0.261. The minimum Gasteiger partial charge on any atom is -0.481 e. The molecule has 0 rings (SSSR count). The lowest BCUT2D eigenvalue weighted by Crippen LogP contribution is -1.98. The number of carboxylic acids is 1. The molecule has 3 heteroatoms. The van der Waals surface area contributed by atoms with Gasteiger partial charge in [0.05, 0.1) is 17.0 Å². The second-order valence-electron chi connectivity index (χ2n) is 4.82. The summed E-state index contributed by atoms with van der Waals surface area (Å²) in [6, 6.07) is -2.27. The average molecular weight is 337 g/mol. The van der Waals surface area contributed by atoms with Gasteiger partial charge in [-0.15, -0.1) is 0 Å². The maximum Gasteiger partial charge on any atom is 0.303 e. The zero-order valence-electron chi connectivity index (χ0n) is 21.7. The molecule has 0 saturated heterocycles. The summed E-state index contributed by atoms with van der Waals surface area (Å²) in [5.41, 5.74) is 0. The van der Waals surface area contributed by atoms with Crippen LogP contribution in [0.15, 0.2) is 48.4 Å². The van der Waals surface area contributed by atoms with E-state index in [1.807, 2.05) is 6.92 Å². The molecular formula is C20H32O3. The fourth-order valence-electron chi connectivity index (χ4n) is 1.49. The van der Waals surface area contributed by atoms with E-state index in [4.69, 9.17) is 16.1 Å². The molecule has 2 N–H and O–H groups in total. The molecule has 1 atom stereocenters. The summed E-state index contributed by atoms with van der Waals surface area (Å²) in [6.07, 6.45) is 0.334. The molecule has 0 aliphatic heterocycles. The van der Waals surface area contributed by atoms with Crippen LogP contribution in [0.3, 0.4) is 0 Å². The highest BCUT2D eigenvalue weighted by Gasteiger charge is 1.93. The molecule has 0 aliphatic rings. The Morgan fingerprint density at radius 3 is 2.61 bits per heavy atom. The minimum atomic E-state index is -2.53. The first kappa shape index (κ1) is 11.0. The number of carbonyl (C=O) groups is 1. The van der Waals surface area contributed by atoms with Crippen molar-refractivity contribution in [3.63, 3.8) is 0 Å². The molecule has 130 valence electrons. The van der Waals surface area contributed by atoms with Crippen LogP contribution in [-0.4, -0.2) is 22.3 Å². The van der Waals surface area contributed by atoms with Gasteiger partial charge < -0.3 is 10.2 Å². The Morgan fingerprint density at radius 1 is 1.13 bits per heavy atom. The van der Waals surface area contributed by atoms with E-state index in [0.717, 1.165) is 25.3 Å². The van der Waals surface area contributed by atoms with Crippen LogP contribution in [0, 0.1) is 0 Å². The third-order valence-corrected chi connectivity index (χ3v) is 2.69. The smallest absolute Gasteiger partial charge is 0.303 e. The lowest BCUT2D eigenvalue weighted by molar-refractivity contribution is -0.137. The Kier molecular flexibility index (Phi) is 8.04. The number of carboxylic acid groups (broad SMARTS) is 1. The highest BCUT2D eigenvalue weighted by molar-refractivity contribution is 5.66. The molecule has 0 saturated carbocycles. The Bertz CT molecular complexity index is 739. The van der Waals surface area contributed by atoms with Crippen LogP contribution in [0.2, 0.25) is 0 Å². The van der Waals surface area contributed by atoms with Crippen molar-refractivity contribution in [3.8, 4) is 0 Å². The summed E-state index contributed by atoms with van der Waals surface area (Å²) >= 11 is 0. The van der Waals surface area contributed by atoms with Crippen molar-refractivity contribution >= 4 is 5.97 Å². The minimum absolute atomic E-state index is 0.00963. The number of aliphatic hydroxyl groups is 1. The maximum atomic E-state index is 10.5. The van der Waals surface area contributed by atoms with E-state index in [2.05, 4.69) is 0 Å². The Hall–Kier alpha value is -1.61. The van der Waals surface area contributed by atoms with Crippen molar-refractivity contribution in [2.24, 2.45) is 0 Å². The van der Waals surface area contributed by atoms with Crippen molar-refractivity contribution in [2.75, 3.05) is 0 Å². The van der Waals surface area contributed by atoms with E-state index in [-0.39, 0.29) is 49.9 Å². The fourth-order valence-corrected chi connectivity index (χ4v) is 1.49. The standard InChI is InChI=1S/C20H32O3/c1-2-3-4-5-10-13-16-19(21)17-14-11-8-6-7-9-12-15-18-20(22)23/h7-11,13-14,17,19,21H,2-6,12,15-16,18H2,1H3,(H,22,23)/b9-7-,11-8-,13-10-,17-14-/i7T,8T,9T,10T,11T,13T,17T,19T. The van der Waals surface area contributed by atoms with Crippen molar-refractivity contribution < 1.29 is 26.0 Å². The van der Waals surface area contributed by atoms with Crippen molar-refractivity contribution in [1.29, 1.82) is 0 Å². The van der Waals surface area contributed by atoms with E-state index in [1.165, 1.54) is 0 Å². The molecule has 0 aliphatic carbocycles. The van der Waals surface area contributed by atoms with Crippen LogP contribution in [-0.2, 0) is 4.79 Å². The molecule has 0 fully saturated rings. The third kappa shape index (κ3) is 18.3. The topological polar surface area (TPSA) is 57.5 Å². The molecule has 23 heavy (non-hydrogen) atoms. The van der Waals surface area contributed by atoms with Crippen molar-refractivity contribution in [3.05, 3.63) is 48.4 Å². The van der Waals surface area contributed by atoms with E-state index in [1.54, 1.807) is 0 Å². The lowest BCUT2D eigenvalue weighted by Gasteiger charge is -1.99. The highest BCUT2D eigenvalue weighted by atomic mass is 16.4. The summed E-state index contributed by atoms with van der Waals surface area (Å²) in [7, 11) is 0. The molecule has 0 heterocycles. The van der Waals surface area contributed by atoms with Gasteiger partial charge in [0, 0.05) is 6.42 Å². The number of aliphatic carboxylic acids is 1. The van der Waals surface area contributed by atoms with Gasteiger partial charge in [-0.25, -0.2) is 0 Å². The van der Waals surface area contributed by atoms with E-state index in [9.17, 15) is 9.90 Å². The van der Waals surface area contributed by atoms with Crippen LogP contribution in [0.25, 0.3) is 0 Å². The van der Waals surface area contributed by atoms with Crippen molar-refractivity contribution in [2.45, 2.75) is 70.8 Å². The first-order chi connectivity index (χ1) is 14.3. The van der Waals surface area contributed by atoms with E-state index >= 15 is 0 Å². The molecule has 0 bridgehead atoms. The van der Waals surface area contributed by atoms with Gasteiger partial charge in [-0.05, 0) is 38.5 Å². The first-order valence-electron chi connectivity index (χ1n) is 11.9. The summed E-state index contributed by atoms with van der Waals surface area (Å²) in [4.78, 5) is 10.5.